The Morgan fingerprint density at radius 1 is 0.293 bits per heavy atom. The van der Waals surface area contributed by atoms with Gasteiger partial charge >= 0.3 is 0 Å². The minimum atomic E-state index is -0.532. The molecule has 0 spiro atoms. The van der Waals surface area contributed by atoms with Gasteiger partial charge in [0.2, 0.25) is 0 Å². The molecular formula is C57H39N. The van der Waals surface area contributed by atoms with Crippen LogP contribution < -0.4 is 4.90 Å². The van der Waals surface area contributed by atoms with Gasteiger partial charge in [-0.05, 0) is 90.5 Å². The standard InChI is InChI=1S/C57H39N/c1-5-20-40(21-6-1)42-24-19-29-45(38-42)58(56-52-34-16-14-31-48(52)47-30-13-15-33-51(47)55(56)41-22-7-2-8-23-41)46-36-37-50-49-32-17-18-35-53(49)57(54(50)39-46,43-25-9-3-10-26-43)44-27-11-4-12-28-44/h1-39H. The largest absolute Gasteiger partial charge is 0.309 e. The zero-order chi connectivity index (χ0) is 38.5. The summed E-state index contributed by atoms with van der Waals surface area (Å²) in [5.41, 5.74) is 15.2. The van der Waals surface area contributed by atoms with Crippen LogP contribution in [0.3, 0.4) is 0 Å². The van der Waals surface area contributed by atoms with E-state index in [2.05, 4.69) is 241 Å². The Morgan fingerprint density at radius 3 is 1.45 bits per heavy atom. The molecule has 10 aromatic carbocycles. The zero-order valence-electron chi connectivity index (χ0n) is 32.0. The molecule has 10 aromatic rings. The first-order chi connectivity index (χ1) is 28.8. The summed E-state index contributed by atoms with van der Waals surface area (Å²) in [4.78, 5) is 2.54. The summed E-state index contributed by atoms with van der Waals surface area (Å²) in [5.74, 6) is 0. The van der Waals surface area contributed by atoms with Gasteiger partial charge in [-0.1, -0.05) is 212 Å². The number of anilines is 3. The van der Waals surface area contributed by atoms with Crippen molar-refractivity contribution in [2.24, 2.45) is 0 Å². The predicted molar refractivity (Wildman–Crippen MR) is 244 cm³/mol. The maximum Gasteiger partial charge on any atom is 0.0714 e. The average Bonchev–Trinajstić information content (AvgIpc) is 3.61. The molecule has 0 unspecified atom stereocenters. The lowest BCUT2D eigenvalue weighted by molar-refractivity contribution is 0.768. The first-order valence-corrected chi connectivity index (χ1v) is 20.1. The van der Waals surface area contributed by atoms with E-state index in [9.17, 15) is 0 Å². The van der Waals surface area contributed by atoms with Gasteiger partial charge in [0.25, 0.3) is 0 Å². The molecule has 1 aliphatic carbocycles. The van der Waals surface area contributed by atoms with Crippen LogP contribution in [-0.4, -0.2) is 0 Å². The third-order valence-electron chi connectivity index (χ3n) is 12.1. The topological polar surface area (TPSA) is 3.24 Å². The molecule has 58 heavy (non-hydrogen) atoms. The molecule has 1 heteroatoms. The summed E-state index contributed by atoms with van der Waals surface area (Å²) in [6.45, 7) is 0. The van der Waals surface area contributed by atoms with E-state index in [1.165, 1.54) is 77.2 Å². The van der Waals surface area contributed by atoms with E-state index in [-0.39, 0.29) is 0 Å². The van der Waals surface area contributed by atoms with E-state index in [4.69, 9.17) is 0 Å². The van der Waals surface area contributed by atoms with Gasteiger partial charge in [-0.15, -0.1) is 0 Å². The predicted octanol–water partition coefficient (Wildman–Crippen LogP) is 15.2. The van der Waals surface area contributed by atoms with Crippen LogP contribution in [0.25, 0.3) is 54.9 Å². The lowest BCUT2D eigenvalue weighted by Gasteiger charge is -2.35. The molecule has 0 bridgehead atoms. The highest BCUT2D eigenvalue weighted by molar-refractivity contribution is 6.22. The molecule has 0 N–H and O–H groups in total. The molecule has 0 atom stereocenters. The zero-order valence-corrected chi connectivity index (χ0v) is 32.0. The van der Waals surface area contributed by atoms with Crippen LogP contribution in [-0.2, 0) is 5.41 Å². The summed E-state index contributed by atoms with van der Waals surface area (Å²) in [6, 6.07) is 86.9. The van der Waals surface area contributed by atoms with Crippen LogP contribution in [0.2, 0.25) is 0 Å². The van der Waals surface area contributed by atoms with Gasteiger partial charge < -0.3 is 4.90 Å². The molecule has 1 aliphatic rings. The minimum Gasteiger partial charge on any atom is -0.309 e. The first-order valence-electron chi connectivity index (χ1n) is 20.1. The molecule has 0 fully saturated rings. The SMILES string of the molecule is c1ccc(-c2cccc(N(c3ccc4c(c3)C(c3ccccc3)(c3ccccc3)c3ccccc3-4)c3c(-c4ccccc4)c4ccccc4c4ccccc34)c2)cc1. The van der Waals surface area contributed by atoms with Crippen LogP contribution in [0, 0.1) is 0 Å². The number of nitrogens with zero attached hydrogens (tertiary/aromatic N) is 1. The van der Waals surface area contributed by atoms with E-state index < -0.39 is 5.41 Å². The average molecular weight is 738 g/mol. The van der Waals surface area contributed by atoms with Gasteiger partial charge in [0.15, 0.2) is 0 Å². The third-order valence-corrected chi connectivity index (χ3v) is 12.1. The fraction of sp³-hybridized carbons (Fsp3) is 0.0175. The third kappa shape index (κ3) is 5.25. The van der Waals surface area contributed by atoms with Crippen molar-refractivity contribution in [1.82, 2.24) is 0 Å². The van der Waals surface area contributed by atoms with Gasteiger partial charge in [0.1, 0.15) is 0 Å². The molecule has 11 rings (SSSR count). The Hall–Kier alpha value is -7.48. The maximum atomic E-state index is 2.54. The Morgan fingerprint density at radius 2 is 0.776 bits per heavy atom. The van der Waals surface area contributed by atoms with Crippen molar-refractivity contribution in [3.63, 3.8) is 0 Å². The molecule has 1 nitrogen and oxygen atoms in total. The summed E-state index contributed by atoms with van der Waals surface area (Å²) in [6.07, 6.45) is 0. The van der Waals surface area contributed by atoms with Crippen LogP contribution in [0.4, 0.5) is 17.1 Å². The van der Waals surface area contributed by atoms with Crippen molar-refractivity contribution in [3.05, 3.63) is 259 Å². The summed E-state index contributed by atoms with van der Waals surface area (Å²) < 4.78 is 0. The van der Waals surface area contributed by atoms with Gasteiger partial charge in [0, 0.05) is 22.3 Å². The molecule has 0 amide bonds. The van der Waals surface area contributed by atoms with Gasteiger partial charge in [0.05, 0.1) is 11.1 Å². The van der Waals surface area contributed by atoms with E-state index in [0.29, 0.717) is 0 Å². The normalized spacial score (nSPS) is 12.6. The highest BCUT2D eigenvalue weighted by atomic mass is 15.1. The van der Waals surface area contributed by atoms with Crippen LogP contribution in [0.5, 0.6) is 0 Å². The number of fused-ring (bicyclic) bond motifs is 6. The molecule has 0 aromatic heterocycles. The number of hydrogen-bond acceptors (Lipinski definition) is 1. The Balaban J connectivity index is 1.28. The van der Waals surface area contributed by atoms with Crippen molar-refractivity contribution < 1.29 is 0 Å². The number of benzene rings is 10. The van der Waals surface area contributed by atoms with Crippen LogP contribution in [0.15, 0.2) is 237 Å². The molecule has 0 saturated heterocycles. The fourth-order valence-electron chi connectivity index (χ4n) is 9.69. The second kappa shape index (κ2) is 13.9. The van der Waals surface area contributed by atoms with Crippen molar-refractivity contribution in [2.75, 3.05) is 4.90 Å². The van der Waals surface area contributed by atoms with Gasteiger partial charge in [-0.2, -0.15) is 0 Å². The minimum absolute atomic E-state index is 0.532. The Bertz CT molecular complexity index is 3060. The molecule has 0 heterocycles. The molecule has 272 valence electrons. The molecular weight excluding hydrogens is 699 g/mol. The van der Waals surface area contributed by atoms with E-state index in [1.54, 1.807) is 0 Å². The lowest BCUT2D eigenvalue weighted by Crippen LogP contribution is -2.28. The van der Waals surface area contributed by atoms with Crippen LogP contribution >= 0.6 is 0 Å². The van der Waals surface area contributed by atoms with E-state index >= 15 is 0 Å². The van der Waals surface area contributed by atoms with Gasteiger partial charge in [-0.3, -0.25) is 0 Å². The molecule has 0 aliphatic heterocycles. The van der Waals surface area contributed by atoms with E-state index in [0.717, 1.165) is 17.1 Å². The quantitative estimate of drug-likeness (QED) is 0.147. The van der Waals surface area contributed by atoms with Crippen molar-refractivity contribution in [1.29, 1.82) is 0 Å². The maximum absolute atomic E-state index is 2.54. The summed E-state index contributed by atoms with van der Waals surface area (Å²) in [5, 5.41) is 4.90. The highest BCUT2D eigenvalue weighted by Crippen LogP contribution is 2.58. The second-order valence-electron chi connectivity index (χ2n) is 15.2. The lowest BCUT2D eigenvalue weighted by atomic mass is 9.67. The van der Waals surface area contributed by atoms with Gasteiger partial charge in [-0.25, -0.2) is 0 Å². The van der Waals surface area contributed by atoms with E-state index in [1.807, 2.05) is 0 Å². The number of rotatable bonds is 7. The monoisotopic (exact) mass is 737 g/mol. The Labute approximate surface area is 339 Å². The molecule has 0 saturated carbocycles. The van der Waals surface area contributed by atoms with Crippen molar-refractivity contribution in [2.45, 2.75) is 5.41 Å². The first kappa shape index (κ1) is 33.8. The molecule has 0 radical (unpaired) electrons. The van der Waals surface area contributed by atoms with Crippen LogP contribution in [0.1, 0.15) is 22.3 Å². The summed E-state index contributed by atoms with van der Waals surface area (Å²) >= 11 is 0. The van der Waals surface area contributed by atoms with Crippen molar-refractivity contribution >= 4 is 38.6 Å². The number of hydrogen-bond donors (Lipinski definition) is 0. The summed E-state index contributed by atoms with van der Waals surface area (Å²) in [7, 11) is 0. The fourth-order valence-corrected chi connectivity index (χ4v) is 9.69. The highest BCUT2D eigenvalue weighted by Gasteiger charge is 2.46. The Kier molecular flexibility index (Phi) is 8.12. The smallest absolute Gasteiger partial charge is 0.0714 e. The second-order valence-corrected chi connectivity index (χ2v) is 15.2. The van der Waals surface area contributed by atoms with Crippen molar-refractivity contribution in [3.8, 4) is 33.4 Å².